The number of anilines is 1. The third-order valence-corrected chi connectivity index (χ3v) is 2.67. The molecule has 0 fully saturated rings. The van der Waals surface area contributed by atoms with Crippen molar-refractivity contribution in [1.82, 2.24) is 0 Å². The number of aryl methyl sites for hydroxylation is 1. The highest BCUT2D eigenvalue weighted by Gasteiger charge is 2.20. The molecule has 0 aromatic carbocycles. The Balaban J connectivity index is 2.56. The summed E-state index contributed by atoms with van der Waals surface area (Å²) < 4.78 is 2.31. The van der Waals surface area contributed by atoms with Crippen molar-refractivity contribution in [2.24, 2.45) is 0 Å². The molecule has 2 nitrogen and oxygen atoms in total. The summed E-state index contributed by atoms with van der Waals surface area (Å²) in [6.07, 6.45) is 0. The van der Waals surface area contributed by atoms with Crippen LogP contribution in [-0.2, 0) is 6.54 Å². The number of thiazole rings is 1. The number of nitrogens with zero attached hydrogens (tertiary/aromatic N) is 1. The molecule has 1 aromatic heterocycles. The van der Waals surface area contributed by atoms with E-state index in [9.17, 15) is 0 Å². The van der Waals surface area contributed by atoms with Crippen LogP contribution in [0.4, 0.5) is 5.13 Å². The van der Waals surface area contributed by atoms with E-state index in [1.807, 2.05) is 0 Å². The second-order valence-corrected chi connectivity index (χ2v) is 3.12. The Labute approximate surface area is 58.1 Å². The summed E-state index contributed by atoms with van der Waals surface area (Å²) in [6.45, 7) is 4.39. The minimum atomic E-state index is 1.10. The maximum Gasteiger partial charge on any atom is 0.334 e. The number of rotatable bonds is 0. The van der Waals surface area contributed by atoms with Crippen molar-refractivity contribution in [3.63, 3.8) is 0 Å². The average Bonchev–Trinajstić information content (AvgIpc) is 2.35. The first-order chi connectivity index (χ1) is 4.38. The van der Waals surface area contributed by atoms with Crippen LogP contribution in [0.3, 0.4) is 0 Å². The van der Waals surface area contributed by atoms with Gasteiger partial charge in [0.25, 0.3) is 0 Å². The van der Waals surface area contributed by atoms with E-state index < -0.39 is 0 Å². The predicted octanol–water partition coefficient (Wildman–Crippen LogP) is 0.770. The summed E-state index contributed by atoms with van der Waals surface area (Å²) in [5.41, 5.74) is 1.38. The number of nitrogens with one attached hydrogen (secondary N) is 1. The highest BCUT2D eigenvalue weighted by atomic mass is 32.1. The highest BCUT2D eigenvalue weighted by molar-refractivity contribution is 7.13. The summed E-state index contributed by atoms with van der Waals surface area (Å²) in [5, 5.41) is 6.80. The third kappa shape index (κ3) is 0.645. The van der Waals surface area contributed by atoms with E-state index in [2.05, 4.69) is 22.2 Å². The third-order valence-electron chi connectivity index (χ3n) is 1.62. The SMILES string of the molecule is Cc1csc2[n+]1CCN2. The zero-order valence-electron chi connectivity index (χ0n) is 5.35. The van der Waals surface area contributed by atoms with Gasteiger partial charge in [-0.25, -0.2) is 4.57 Å². The Hall–Kier alpha value is -0.570. The Morgan fingerprint density at radius 3 is 3.44 bits per heavy atom. The smallest absolute Gasteiger partial charge is 0.261 e. The fourth-order valence-electron chi connectivity index (χ4n) is 1.12. The van der Waals surface area contributed by atoms with Gasteiger partial charge >= 0.3 is 5.13 Å². The Bertz CT molecular complexity index is 229. The molecule has 1 N–H and O–H groups in total. The lowest BCUT2D eigenvalue weighted by atomic mass is 10.5. The van der Waals surface area contributed by atoms with Gasteiger partial charge in [0.05, 0.1) is 0 Å². The first-order valence-corrected chi connectivity index (χ1v) is 3.98. The summed E-state index contributed by atoms with van der Waals surface area (Å²) >= 11 is 1.79. The molecule has 3 heteroatoms. The molecule has 0 spiro atoms. The maximum absolute atomic E-state index is 3.30. The fraction of sp³-hybridized carbons (Fsp3) is 0.500. The van der Waals surface area contributed by atoms with Crippen LogP contribution in [0.25, 0.3) is 0 Å². The van der Waals surface area contributed by atoms with Crippen molar-refractivity contribution in [2.75, 3.05) is 11.9 Å². The standard InChI is InChI=1S/C6H8N2S/c1-5-4-9-6-7-2-3-8(5)6/h4H,2-3H2,1H3/p+1. The quantitative estimate of drug-likeness (QED) is 0.528. The van der Waals surface area contributed by atoms with Gasteiger partial charge in [0, 0.05) is 5.38 Å². The number of hydrogen-bond acceptors (Lipinski definition) is 2. The maximum atomic E-state index is 3.30. The van der Waals surface area contributed by atoms with Crippen LogP contribution in [0, 0.1) is 6.92 Å². The minimum Gasteiger partial charge on any atom is -0.261 e. The van der Waals surface area contributed by atoms with Crippen LogP contribution in [0.2, 0.25) is 0 Å². The van der Waals surface area contributed by atoms with E-state index in [1.165, 1.54) is 10.8 Å². The van der Waals surface area contributed by atoms with E-state index in [1.54, 1.807) is 11.3 Å². The summed E-state index contributed by atoms with van der Waals surface area (Å²) in [6, 6.07) is 0. The Morgan fingerprint density at radius 1 is 1.78 bits per heavy atom. The van der Waals surface area contributed by atoms with E-state index in [-0.39, 0.29) is 0 Å². The average molecular weight is 141 g/mol. The van der Waals surface area contributed by atoms with Gasteiger partial charge in [-0.2, -0.15) is 0 Å². The van der Waals surface area contributed by atoms with Gasteiger partial charge in [-0.15, -0.1) is 0 Å². The van der Waals surface area contributed by atoms with Gasteiger partial charge in [-0.3, -0.25) is 5.32 Å². The Morgan fingerprint density at radius 2 is 2.67 bits per heavy atom. The summed E-state index contributed by atoms with van der Waals surface area (Å²) in [4.78, 5) is 0. The molecule has 1 aromatic rings. The zero-order chi connectivity index (χ0) is 6.27. The molecule has 0 amide bonds. The van der Waals surface area contributed by atoms with Crippen molar-refractivity contribution < 1.29 is 4.57 Å². The molecule has 0 aliphatic carbocycles. The topological polar surface area (TPSA) is 15.9 Å². The van der Waals surface area contributed by atoms with Crippen molar-refractivity contribution in [3.05, 3.63) is 11.1 Å². The van der Waals surface area contributed by atoms with E-state index >= 15 is 0 Å². The lowest BCUT2D eigenvalue weighted by Gasteiger charge is -1.84. The number of fused-ring (bicyclic) bond motifs is 1. The second kappa shape index (κ2) is 1.70. The van der Waals surface area contributed by atoms with Gasteiger partial charge in [-0.1, -0.05) is 11.3 Å². The van der Waals surface area contributed by atoms with Crippen molar-refractivity contribution in [2.45, 2.75) is 13.5 Å². The molecular weight excluding hydrogens is 132 g/mol. The van der Waals surface area contributed by atoms with Gasteiger partial charge in [0.1, 0.15) is 18.8 Å². The van der Waals surface area contributed by atoms with E-state index in [4.69, 9.17) is 0 Å². The molecule has 0 radical (unpaired) electrons. The van der Waals surface area contributed by atoms with Gasteiger partial charge in [0.2, 0.25) is 0 Å². The molecule has 9 heavy (non-hydrogen) atoms. The molecule has 0 saturated carbocycles. The lowest BCUT2D eigenvalue weighted by molar-refractivity contribution is -0.672. The molecular formula is C6H9N2S+. The summed E-state index contributed by atoms with van der Waals surface area (Å²) in [7, 11) is 0. The van der Waals surface area contributed by atoms with Gasteiger partial charge < -0.3 is 0 Å². The molecule has 2 heterocycles. The van der Waals surface area contributed by atoms with Crippen LogP contribution >= 0.6 is 11.3 Å². The first kappa shape index (κ1) is 5.23. The number of aromatic nitrogens is 1. The van der Waals surface area contributed by atoms with Crippen LogP contribution < -0.4 is 9.88 Å². The lowest BCUT2D eigenvalue weighted by Crippen LogP contribution is -2.31. The van der Waals surface area contributed by atoms with E-state index in [0.29, 0.717) is 0 Å². The molecule has 1 aliphatic rings. The zero-order valence-corrected chi connectivity index (χ0v) is 6.16. The monoisotopic (exact) mass is 141 g/mol. The normalized spacial score (nSPS) is 15.2. The molecule has 0 atom stereocenters. The summed E-state index contributed by atoms with van der Waals surface area (Å²) in [5.74, 6) is 0. The molecule has 0 bridgehead atoms. The molecule has 0 saturated heterocycles. The van der Waals surface area contributed by atoms with Crippen LogP contribution in [0.1, 0.15) is 5.69 Å². The molecule has 2 rings (SSSR count). The van der Waals surface area contributed by atoms with Gasteiger partial charge in [-0.05, 0) is 6.92 Å². The largest absolute Gasteiger partial charge is 0.334 e. The Kier molecular flexibility index (Phi) is 0.990. The second-order valence-electron chi connectivity index (χ2n) is 2.26. The van der Waals surface area contributed by atoms with Crippen molar-refractivity contribution in [3.8, 4) is 0 Å². The molecule has 0 unspecified atom stereocenters. The van der Waals surface area contributed by atoms with Crippen molar-refractivity contribution in [1.29, 1.82) is 0 Å². The predicted molar refractivity (Wildman–Crippen MR) is 37.7 cm³/mol. The minimum absolute atomic E-state index is 1.10. The van der Waals surface area contributed by atoms with Crippen LogP contribution in [-0.4, -0.2) is 6.54 Å². The highest BCUT2D eigenvalue weighted by Crippen LogP contribution is 2.15. The first-order valence-electron chi connectivity index (χ1n) is 3.10. The number of hydrogen-bond donors (Lipinski definition) is 1. The molecule has 48 valence electrons. The van der Waals surface area contributed by atoms with Crippen molar-refractivity contribution >= 4 is 16.5 Å². The fourth-order valence-corrected chi connectivity index (χ4v) is 2.08. The van der Waals surface area contributed by atoms with E-state index in [0.717, 1.165) is 13.1 Å². The molecule has 1 aliphatic heterocycles. The van der Waals surface area contributed by atoms with Crippen LogP contribution in [0.15, 0.2) is 5.38 Å². The van der Waals surface area contributed by atoms with Gasteiger partial charge in [0.15, 0.2) is 0 Å². The van der Waals surface area contributed by atoms with Crippen LogP contribution in [0.5, 0.6) is 0 Å².